The zero-order chi connectivity index (χ0) is 20.8. The molecule has 1 amide bonds. The van der Waals surface area contributed by atoms with E-state index in [0.29, 0.717) is 11.5 Å². The van der Waals surface area contributed by atoms with Crippen LogP contribution in [-0.2, 0) is 11.2 Å². The van der Waals surface area contributed by atoms with Crippen LogP contribution in [0.2, 0.25) is 0 Å². The average molecular weight is 407 g/mol. The van der Waals surface area contributed by atoms with Crippen LogP contribution in [0, 0.1) is 5.82 Å². The van der Waals surface area contributed by atoms with Gasteiger partial charge in [0.25, 0.3) is 0 Å². The van der Waals surface area contributed by atoms with Crippen molar-refractivity contribution in [2.45, 2.75) is 38.0 Å². The van der Waals surface area contributed by atoms with Gasteiger partial charge in [-0.2, -0.15) is 0 Å². The minimum atomic E-state index is -0.294. The van der Waals surface area contributed by atoms with Gasteiger partial charge in [0.2, 0.25) is 5.91 Å². The molecule has 0 bridgehead atoms. The molecule has 30 heavy (non-hydrogen) atoms. The third-order valence-corrected chi connectivity index (χ3v) is 6.77. The van der Waals surface area contributed by atoms with Gasteiger partial charge in [-0.25, -0.2) is 4.39 Å². The smallest absolute Gasteiger partial charge is 0.234 e. The van der Waals surface area contributed by atoms with Gasteiger partial charge in [0.05, 0.1) is 11.6 Å². The molecule has 6 heteroatoms. The number of benzene rings is 2. The molecule has 2 aromatic carbocycles. The Morgan fingerprint density at radius 3 is 2.77 bits per heavy atom. The van der Waals surface area contributed by atoms with Gasteiger partial charge in [-0.15, -0.1) is 0 Å². The van der Waals surface area contributed by atoms with Crippen LogP contribution >= 0.6 is 0 Å². The Labute approximate surface area is 175 Å². The summed E-state index contributed by atoms with van der Waals surface area (Å²) in [5, 5.41) is 5.17. The highest BCUT2D eigenvalue weighted by molar-refractivity contribution is 6.04. The third kappa shape index (κ3) is 3.29. The predicted molar refractivity (Wildman–Crippen MR) is 114 cm³/mol. The van der Waals surface area contributed by atoms with E-state index in [0.717, 1.165) is 61.2 Å². The molecule has 0 aliphatic carbocycles. The predicted octanol–water partition coefficient (Wildman–Crippen LogP) is 4.47. The number of anilines is 1. The molecule has 1 saturated heterocycles. The molecule has 5 rings (SSSR count). The van der Waals surface area contributed by atoms with E-state index in [1.165, 1.54) is 17.7 Å². The molecule has 1 fully saturated rings. The zero-order valence-electron chi connectivity index (χ0n) is 17.4. The Morgan fingerprint density at radius 2 is 1.97 bits per heavy atom. The number of likely N-dealkylation sites (N-methyl/N-ethyl adjacent to an activating group) is 1. The zero-order valence-corrected chi connectivity index (χ0v) is 17.4. The van der Waals surface area contributed by atoms with E-state index >= 15 is 0 Å². The van der Waals surface area contributed by atoms with E-state index in [2.05, 4.69) is 28.3 Å². The number of halogens is 1. The minimum Gasteiger partial charge on any atom is -0.356 e. The second kappa shape index (κ2) is 7.51. The van der Waals surface area contributed by atoms with E-state index in [1.54, 1.807) is 11.0 Å². The van der Waals surface area contributed by atoms with E-state index in [9.17, 15) is 9.18 Å². The summed E-state index contributed by atoms with van der Waals surface area (Å²) >= 11 is 0. The molecule has 3 aromatic rings. The number of aromatic nitrogens is 1. The molecule has 0 N–H and O–H groups in total. The van der Waals surface area contributed by atoms with Gasteiger partial charge in [0, 0.05) is 36.7 Å². The first-order chi connectivity index (χ1) is 14.5. The Bertz CT molecular complexity index is 1100. The fourth-order valence-electron chi connectivity index (χ4n) is 4.90. The van der Waals surface area contributed by atoms with E-state index in [-0.39, 0.29) is 17.6 Å². The quantitative estimate of drug-likeness (QED) is 0.640. The van der Waals surface area contributed by atoms with Crippen LogP contribution in [-0.4, -0.2) is 42.6 Å². The van der Waals surface area contributed by atoms with Crippen molar-refractivity contribution < 1.29 is 13.7 Å². The minimum absolute atomic E-state index is 0.0496. The fraction of sp³-hybridized carbons (Fsp3) is 0.417. The van der Waals surface area contributed by atoms with Crippen LogP contribution in [0.3, 0.4) is 0 Å². The Kier molecular flexibility index (Phi) is 4.82. The largest absolute Gasteiger partial charge is 0.356 e. The number of nitrogens with zero attached hydrogens (tertiary/aromatic N) is 3. The van der Waals surface area contributed by atoms with Crippen molar-refractivity contribution in [1.82, 2.24) is 10.1 Å². The SMILES string of the molecule is CC1C(=O)N(C)c2ccc(CCN3CCC(c4noc5cc(F)ccc45)CC3)cc21. The maximum Gasteiger partial charge on any atom is 0.234 e. The first-order valence-corrected chi connectivity index (χ1v) is 10.7. The normalized spacial score (nSPS) is 20.3. The Hall–Kier alpha value is -2.73. The van der Waals surface area contributed by atoms with Gasteiger partial charge in [0.1, 0.15) is 5.82 Å². The second-order valence-corrected chi connectivity index (χ2v) is 8.59. The molecule has 156 valence electrons. The van der Waals surface area contributed by atoms with E-state index in [1.807, 2.05) is 14.0 Å². The number of carbonyl (C=O) groups is 1. The van der Waals surface area contributed by atoms with Gasteiger partial charge in [-0.1, -0.05) is 17.3 Å². The molecule has 0 spiro atoms. The highest BCUT2D eigenvalue weighted by Gasteiger charge is 2.31. The highest BCUT2D eigenvalue weighted by Crippen LogP contribution is 2.37. The molecular weight excluding hydrogens is 381 g/mol. The van der Waals surface area contributed by atoms with Crippen molar-refractivity contribution in [1.29, 1.82) is 0 Å². The molecule has 2 aliphatic heterocycles. The van der Waals surface area contributed by atoms with Crippen molar-refractivity contribution in [2.24, 2.45) is 0 Å². The van der Waals surface area contributed by atoms with Crippen LogP contribution in [0.15, 0.2) is 40.9 Å². The molecule has 0 radical (unpaired) electrons. The standard InChI is InChI=1S/C24H26FN3O2/c1-15-20-13-16(3-6-21(20)27(2)24(15)29)7-10-28-11-8-17(9-12-28)23-19-5-4-18(25)14-22(19)30-26-23/h3-6,13-15,17H,7-12H2,1-2H3. The van der Waals surface area contributed by atoms with Gasteiger partial charge >= 0.3 is 0 Å². The summed E-state index contributed by atoms with van der Waals surface area (Å²) in [5.74, 6) is 0.186. The topological polar surface area (TPSA) is 49.6 Å². The van der Waals surface area contributed by atoms with Crippen molar-refractivity contribution in [2.75, 3.05) is 31.6 Å². The van der Waals surface area contributed by atoms with Crippen LogP contribution in [0.5, 0.6) is 0 Å². The molecule has 5 nitrogen and oxygen atoms in total. The first kappa shape index (κ1) is 19.2. The van der Waals surface area contributed by atoms with Crippen molar-refractivity contribution in [3.8, 4) is 0 Å². The molecule has 1 aromatic heterocycles. The number of hydrogen-bond acceptors (Lipinski definition) is 4. The van der Waals surface area contributed by atoms with E-state index in [4.69, 9.17) is 4.52 Å². The van der Waals surface area contributed by atoms with Gasteiger partial charge in [-0.3, -0.25) is 4.79 Å². The maximum atomic E-state index is 13.4. The lowest BCUT2D eigenvalue weighted by Crippen LogP contribution is -2.34. The van der Waals surface area contributed by atoms with E-state index < -0.39 is 0 Å². The molecule has 0 saturated carbocycles. The summed E-state index contributed by atoms with van der Waals surface area (Å²) in [6.07, 6.45) is 3.04. The number of piperidine rings is 1. The fourth-order valence-corrected chi connectivity index (χ4v) is 4.90. The lowest BCUT2D eigenvalue weighted by Gasteiger charge is -2.31. The number of amides is 1. The molecular formula is C24H26FN3O2. The Balaban J connectivity index is 1.20. The number of fused-ring (bicyclic) bond motifs is 2. The monoisotopic (exact) mass is 407 g/mol. The molecule has 3 heterocycles. The van der Waals surface area contributed by atoms with Crippen LogP contribution < -0.4 is 4.90 Å². The number of hydrogen-bond donors (Lipinski definition) is 0. The van der Waals surface area contributed by atoms with Gasteiger partial charge in [-0.05, 0) is 68.6 Å². The first-order valence-electron chi connectivity index (χ1n) is 10.7. The number of carbonyl (C=O) groups excluding carboxylic acids is 1. The number of likely N-dealkylation sites (tertiary alicyclic amines) is 1. The van der Waals surface area contributed by atoms with Crippen molar-refractivity contribution in [3.63, 3.8) is 0 Å². The third-order valence-electron chi connectivity index (χ3n) is 6.77. The van der Waals surface area contributed by atoms with Gasteiger partial charge in [0.15, 0.2) is 5.58 Å². The lowest BCUT2D eigenvalue weighted by molar-refractivity contribution is -0.118. The maximum absolute atomic E-state index is 13.4. The van der Waals surface area contributed by atoms with Crippen LogP contribution in [0.4, 0.5) is 10.1 Å². The van der Waals surface area contributed by atoms with Crippen molar-refractivity contribution >= 4 is 22.6 Å². The summed E-state index contributed by atoms with van der Waals surface area (Å²) in [4.78, 5) is 16.4. The summed E-state index contributed by atoms with van der Waals surface area (Å²) in [6, 6.07) is 11.1. The summed E-state index contributed by atoms with van der Waals surface area (Å²) in [5.41, 5.74) is 4.97. The molecule has 1 unspecified atom stereocenters. The summed E-state index contributed by atoms with van der Waals surface area (Å²) in [6.45, 7) is 5.03. The van der Waals surface area contributed by atoms with Crippen LogP contribution in [0.25, 0.3) is 11.0 Å². The number of rotatable bonds is 4. The summed E-state index contributed by atoms with van der Waals surface area (Å²) < 4.78 is 18.7. The Morgan fingerprint density at radius 1 is 1.17 bits per heavy atom. The summed E-state index contributed by atoms with van der Waals surface area (Å²) in [7, 11) is 1.85. The lowest BCUT2D eigenvalue weighted by atomic mass is 9.91. The second-order valence-electron chi connectivity index (χ2n) is 8.59. The average Bonchev–Trinajstić information content (AvgIpc) is 3.27. The van der Waals surface area contributed by atoms with Crippen molar-refractivity contribution in [3.05, 3.63) is 59.0 Å². The highest BCUT2D eigenvalue weighted by atomic mass is 19.1. The van der Waals surface area contributed by atoms with Gasteiger partial charge < -0.3 is 14.3 Å². The van der Waals surface area contributed by atoms with Crippen LogP contribution in [0.1, 0.15) is 48.4 Å². The molecule has 1 atom stereocenters. The molecule has 2 aliphatic rings.